The van der Waals surface area contributed by atoms with Crippen molar-refractivity contribution in [3.8, 4) is 0 Å². The molecule has 0 spiro atoms. The van der Waals surface area contributed by atoms with Crippen molar-refractivity contribution in [2.24, 2.45) is 0 Å². The Morgan fingerprint density at radius 2 is 2.17 bits per heavy atom. The van der Waals surface area contributed by atoms with Gasteiger partial charge in [-0.2, -0.15) is 11.8 Å². The first kappa shape index (κ1) is 12.0. The zero-order chi connectivity index (χ0) is 9.40. The third kappa shape index (κ3) is 8.15. The Kier molecular flexibility index (Phi) is 7.72. The number of thioether (sulfide) groups is 1. The molecule has 0 aliphatic heterocycles. The van der Waals surface area contributed by atoms with Crippen LogP contribution in [0.15, 0.2) is 11.6 Å². The molecular formula is C10H21NS. The SMILES string of the molecule is CSC(C)CCNCC=C(C)C. The predicted molar refractivity (Wildman–Crippen MR) is 59.9 cm³/mol. The van der Waals surface area contributed by atoms with Crippen molar-refractivity contribution in [3.63, 3.8) is 0 Å². The summed E-state index contributed by atoms with van der Waals surface area (Å²) in [6.07, 6.45) is 5.66. The summed E-state index contributed by atoms with van der Waals surface area (Å²) in [6.45, 7) is 8.68. The molecule has 0 saturated heterocycles. The van der Waals surface area contributed by atoms with E-state index in [0.717, 1.165) is 18.3 Å². The van der Waals surface area contributed by atoms with E-state index >= 15 is 0 Å². The van der Waals surface area contributed by atoms with Crippen LogP contribution in [-0.2, 0) is 0 Å². The second-order valence-electron chi connectivity index (χ2n) is 3.32. The van der Waals surface area contributed by atoms with Gasteiger partial charge in [-0.1, -0.05) is 18.6 Å². The summed E-state index contributed by atoms with van der Waals surface area (Å²) >= 11 is 1.93. The van der Waals surface area contributed by atoms with Gasteiger partial charge in [0.15, 0.2) is 0 Å². The summed E-state index contributed by atoms with van der Waals surface area (Å²) in [5, 5.41) is 4.17. The van der Waals surface area contributed by atoms with E-state index in [-0.39, 0.29) is 0 Å². The third-order valence-electron chi connectivity index (χ3n) is 1.78. The number of nitrogens with one attached hydrogen (secondary N) is 1. The normalized spacial score (nSPS) is 12.7. The Bertz CT molecular complexity index is 128. The Balaban J connectivity index is 3.16. The minimum atomic E-state index is 0.782. The van der Waals surface area contributed by atoms with Gasteiger partial charge in [0.25, 0.3) is 0 Å². The van der Waals surface area contributed by atoms with Crippen LogP contribution in [-0.4, -0.2) is 24.6 Å². The summed E-state index contributed by atoms with van der Waals surface area (Å²) in [4.78, 5) is 0. The number of hydrogen-bond donors (Lipinski definition) is 1. The third-order valence-corrected chi connectivity index (χ3v) is 2.83. The van der Waals surface area contributed by atoms with Crippen molar-refractivity contribution in [2.45, 2.75) is 32.4 Å². The topological polar surface area (TPSA) is 12.0 Å². The first-order valence-corrected chi connectivity index (χ1v) is 5.82. The van der Waals surface area contributed by atoms with E-state index in [1.165, 1.54) is 12.0 Å². The van der Waals surface area contributed by atoms with Crippen LogP contribution in [0.5, 0.6) is 0 Å². The molecule has 1 nitrogen and oxygen atoms in total. The fourth-order valence-corrected chi connectivity index (χ4v) is 1.16. The van der Waals surface area contributed by atoms with E-state index in [9.17, 15) is 0 Å². The molecule has 0 saturated carbocycles. The molecule has 0 radical (unpaired) electrons. The largest absolute Gasteiger partial charge is 0.313 e. The lowest BCUT2D eigenvalue weighted by molar-refractivity contribution is 0.689. The number of allylic oxidation sites excluding steroid dienone is 1. The fourth-order valence-electron chi connectivity index (χ4n) is 0.802. The van der Waals surface area contributed by atoms with Gasteiger partial charge in [0.05, 0.1) is 0 Å². The van der Waals surface area contributed by atoms with Gasteiger partial charge in [0, 0.05) is 11.8 Å². The minimum absolute atomic E-state index is 0.782. The van der Waals surface area contributed by atoms with Crippen molar-refractivity contribution >= 4 is 11.8 Å². The molecule has 0 aromatic rings. The van der Waals surface area contributed by atoms with Gasteiger partial charge in [-0.15, -0.1) is 0 Å². The van der Waals surface area contributed by atoms with E-state index in [4.69, 9.17) is 0 Å². The van der Waals surface area contributed by atoms with Crippen LogP contribution in [0.25, 0.3) is 0 Å². The van der Waals surface area contributed by atoms with Gasteiger partial charge in [0.2, 0.25) is 0 Å². The smallest absolute Gasteiger partial charge is 0.0137 e. The quantitative estimate of drug-likeness (QED) is 0.507. The molecular weight excluding hydrogens is 166 g/mol. The summed E-state index contributed by atoms with van der Waals surface area (Å²) in [7, 11) is 0. The Hall–Kier alpha value is 0.0500. The van der Waals surface area contributed by atoms with Crippen LogP contribution >= 0.6 is 11.8 Å². The zero-order valence-corrected chi connectivity index (χ0v) is 9.50. The molecule has 0 aliphatic rings. The zero-order valence-electron chi connectivity index (χ0n) is 8.68. The first-order valence-electron chi connectivity index (χ1n) is 4.53. The van der Waals surface area contributed by atoms with E-state index in [2.05, 4.69) is 38.4 Å². The monoisotopic (exact) mass is 187 g/mol. The van der Waals surface area contributed by atoms with Crippen LogP contribution in [0.1, 0.15) is 27.2 Å². The van der Waals surface area contributed by atoms with E-state index in [0.29, 0.717) is 0 Å². The molecule has 72 valence electrons. The minimum Gasteiger partial charge on any atom is -0.313 e. The van der Waals surface area contributed by atoms with E-state index in [1.54, 1.807) is 0 Å². The average molecular weight is 187 g/mol. The highest BCUT2D eigenvalue weighted by atomic mass is 32.2. The van der Waals surface area contributed by atoms with Gasteiger partial charge in [-0.3, -0.25) is 0 Å². The number of rotatable bonds is 6. The molecule has 0 aromatic heterocycles. The van der Waals surface area contributed by atoms with Gasteiger partial charge in [0.1, 0.15) is 0 Å². The van der Waals surface area contributed by atoms with Crippen molar-refractivity contribution in [3.05, 3.63) is 11.6 Å². The molecule has 1 atom stereocenters. The maximum atomic E-state index is 3.39. The number of hydrogen-bond acceptors (Lipinski definition) is 2. The second kappa shape index (κ2) is 7.69. The van der Waals surface area contributed by atoms with Gasteiger partial charge < -0.3 is 5.32 Å². The van der Waals surface area contributed by atoms with Gasteiger partial charge in [-0.05, 0) is 33.1 Å². The van der Waals surface area contributed by atoms with Gasteiger partial charge in [-0.25, -0.2) is 0 Å². The Labute approximate surface area is 81.0 Å². The molecule has 12 heavy (non-hydrogen) atoms. The molecule has 0 rings (SSSR count). The molecule has 1 N–H and O–H groups in total. The van der Waals surface area contributed by atoms with Gasteiger partial charge >= 0.3 is 0 Å². The molecule has 0 fully saturated rings. The van der Waals surface area contributed by atoms with Crippen LogP contribution in [0.2, 0.25) is 0 Å². The molecule has 0 amide bonds. The summed E-state index contributed by atoms with van der Waals surface area (Å²) < 4.78 is 0. The second-order valence-corrected chi connectivity index (χ2v) is 4.60. The summed E-state index contributed by atoms with van der Waals surface area (Å²) in [6, 6.07) is 0. The van der Waals surface area contributed by atoms with Crippen LogP contribution in [0, 0.1) is 0 Å². The maximum Gasteiger partial charge on any atom is 0.0137 e. The molecule has 0 bridgehead atoms. The first-order chi connectivity index (χ1) is 5.66. The lowest BCUT2D eigenvalue weighted by atomic mass is 10.3. The Morgan fingerprint density at radius 1 is 1.50 bits per heavy atom. The molecule has 0 aromatic carbocycles. The summed E-state index contributed by atoms with van der Waals surface area (Å²) in [5.74, 6) is 0. The van der Waals surface area contributed by atoms with E-state index in [1.807, 2.05) is 11.8 Å². The average Bonchev–Trinajstić information content (AvgIpc) is 2.03. The maximum absolute atomic E-state index is 3.39. The highest BCUT2D eigenvalue weighted by Gasteiger charge is 1.96. The van der Waals surface area contributed by atoms with Crippen LogP contribution in [0.3, 0.4) is 0 Å². The highest BCUT2D eigenvalue weighted by Crippen LogP contribution is 2.07. The molecule has 0 aliphatic carbocycles. The van der Waals surface area contributed by atoms with Crippen molar-refractivity contribution in [1.82, 2.24) is 5.32 Å². The molecule has 1 unspecified atom stereocenters. The standard InChI is InChI=1S/C10H21NS/c1-9(2)5-7-11-8-6-10(3)12-4/h5,10-11H,6-8H2,1-4H3. The fraction of sp³-hybridized carbons (Fsp3) is 0.800. The molecule has 2 heteroatoms. The Morgan fingerprint density at radius 3 is 2.67 bits per heavy atom. The lowest BCUT2D eigenvalue weighted by Gasteiger charge is -2.07. The van der Waals surface area contributed by atoms with Crippen LogP contribution < -0.4 is 5.32 Å². The van der Waals surface area contributed by atoms with Crippen LogP contribution in [0.4, 0.5) is 0 Å². The van der Waals surface area contributed by atoms with Crippen molar-refractivity contribution in [2.75, 3.05) is 19.3 Å². The highest BCUT2D eigenvalue weighted by molar-refractivity contribution is 7.99. The molecule has 0 heterocycles. The lowest BCUT2D eigenvalue weighted by Crippen LogP contribution is -2.18. The summed E-state index contributed by atoms with van der Waals surface area (Å²) in [5.41, 5.74) is 1.39. The van der Waals surface area contributed by atoms with E-state index < -0.39 is 0 Å². The van der Waals surface area contributed by atoms with Crippen molar-refractivity contribution in [1.29, 1.82) is 0 Å². The predicted octanol–water partition coefficient (Wildman–Crippen LogP) is 2.68. The van der Waals surface area contributed by atoms with Crippen molar-refractivity contribution < 1.29 is 0 Å².